The largest absolute Gasteiger partial charge is 0.331 e. The van der Waals surface area contributed by atoms with Crippen molar-refractivity contribution in [3.05, 3.63) is 97.5 Å². The van der Waals surface area contributed by atoms with E-state index in [1.54, 1.807) is 31.2 Å². The number of hydrogen-bond acceptors (Lipinski definition) is 3. The van der Waals surface area contributed by atoms with Gasteiger partial charge in [0, 0.05) is 23.0 Å². The summed E-state index contributed by atoms with van der Waals surface area (Å²) in [5.41, 5.74) is 0.600. The third-order valence-electron chi connectivity index (χ3n) is 4.16. The molecule has 0 radical (unpaired) electrons. The van der Waals surface area contributed by atoms with Gasteiger partial charge in [-0.3, -0.25) is 18.7 Å². The van der Waals surface area contributed by atoms with Gasteiger partial charge < -0.3 is 5.32 Å². The molecule has 0 aliphatic rings. The summed E-state index contributed by atoms with van der Waals surface area (Å²) >= 11 is 5.93. The van der Waals surface area contributed by atoms with Crippen LogP contribution < -0.4 is 16.6 Å². The third-order valence-corrected chi connectivity index (χ3v) is 4.39. The molecule has 3 rings (SSSR count). The average molecular weight is 402 g/mol. The molecule has 1 N–H and O–H groups in total. The van der Waals surface area contributed by atoms with Crippen LogP contribution in [0.15, 0.2) is 64.3 Å². The average Bonchev–Trinajstić information content (AvgIpc) is 2.64. The van der Waals surface area contributed by atoms with E-state index in [2.05, 4.69) is 5.32 Å². The van der Waals surface area contributed by atoms with E-state index < -0.39 is 29.5 Å². The number of amides is 1. The van der Waals surface area contributed by atoms with E-state index in [4.69, 9.17) is 11.6 Å². The maximum Gasteiger partial charge on any atom is 0.331 e. The number of aryl methyl sites for hydroxylation is 1. The number of aromatic nitrogens is 2. The van der Waals surface area contributed by atoms with Crippen LogP contribution in [0, 0.1) is 12.7 Å². The lowest BCUT2D eigenvalue weighted by atomic mass is 10.2. The standard InChI is InChI=1S/C20H17ClFN3O3/c1-13-5-6-15(21)10-17(13)23-18(26)12-25-19(27)7-8-24(20(25)28)11-14-3-2-4-16(22)9-14/h2-10H,11-12H2,1H3,(H,23,26). The second kappa shape index (κ2) is 8.22. The second-order valence-electron chi connectivity index (χ2n) is 6.29. The Labute approximate surface area is 164 Å². The molecule has 0 atom stereocenters. The maximum absolute atomic E-state index is 13.3. The molecule has 2 aromatic carbocycles. The van der Waals surface area contributed by atoms with Gasteiger partial charge in [0.1, 0.15) is 12.4 Å². The molecule has 0 saturated carbocycles. The normalized spacial score (nSPS) is 10.7. The van der Waals surface area contributed by atoms with Gasteiger partial charge in [-0.1, -0.05) is 29.8 Å². The van der Waals surface area contributed by atoms with Crippen molar-refractivity contribution < 1.29 is 9.18 Å². The van der Waals surface area contributed by atoms with E-state index in [0.717, 1.165) is 10.1 Å². The number of halogens is 2. The molecule has 0 spiro atoms. The first kappa shape index (κ1) is 19.6. The molecule has 0 unspecified atom stereocenters. The first-order valence-electron chi connectivity index (χ1n) is 8.44. The summed E-state index contributed by atoms with van der Waals surface area (Å²) in [6, 6.07) is 12.0. The van der Waals surface area contributed by atoms with Crippen LogP contribution in [-0.2, 0) is 17.9 Å². The highest BCUT2D eigenvalue weighted by atomic mass is 35.5. The molecule has 0 saturated heterocycles. The Kier molecular flexibility index (Phi) is 5.75. The number of benzene rings is 2. The summed E-state index contributed by atoms with van der Waals surface area (Å²) in [5, 5.41) is 3.10. The summed E-state index contributed by atoms with van der Waals surface area (Å²) in [4.78, 5) is 37.1. The highest BCUT2D eigenvalue weighted by molar-refractivity contribution is 6.31. The smallest absolute Gasteiger partial charge is 0.324 e. The zero-order valence-corrected chi connectivity index (χ0v) is 15.7. The fraction of sp³-hybridized carbons (Fsp3) is 0.150. The number of carbonyl (C=O) groups excluding carboxylic acids is 1. The van der Waals surface area contributed by atoms with Crippen LogP contribution in [-0.4, -0.2) is 15.0 Å². The first-order valence-corrected chi connectivity index (χ1v) is 8.82. The molecule has 144 valence electrons. The third kappa shape index (κ3) is 4.55. The molecule has 0 aliphatic heterocycles. The van der Waals surface area contributed by atoms with E-state index in [-0.39, 0.29) is 6.54 Å². The molecule has 0 fully saturated rings. The topological polar surface area (TPSA) is 73.1 Å². The van der Waals surface area contributed by atoms with Crippen LogP contribution in [0.1, 0.15) is 11.1 Å². The minimum absolute atomic E-state index is 0.0753. The van der Waals surface area contributed by atoms with Crippen molar-refractivity contribution in [1.29, 1.82) is 0 Å². The van der Waals surface area contributed by atoms with E-state index in [0.29, 0.717) is 16.3 Å². The van der Waals surface area contributed by atoms with Crippen molar-refractivity contribution in [1.82, 2.24) is 9.13 Å². The predicted octanol–water partition coefficient (Wildman–Crippen LogP) is 2.80. The van der Waals surface area contributed by atoms with Crippen LogP contribution >= 0.6 is 11.6 Å². The molecular formula is C20H17ClFN3O3. The molecule has 1 heterocycles. The minimum Gasteiger partial charge on any atom is -0.324 e. The fourth-order valence-corrected chi connectivity index (χ4v) is 2.89. The molecule has 6 nitrogen and oxygen atoms in total. The van der Waals surface area contributed by atoms with Crippen LogP contribution in [0.4, 0.5) is 10.1 Å². The van der Waals surface area contributed by atoms with Gasteiger partial charge in [-0.25, -0.2) is 9.18 Å². The van der Waals surface area contributed by atoms with Gasteiger partial charge in [0.05, 0.1) is 6.54 Å². The lowest BCUT2D eigenvalue weighted by Gasteiger charge is -2.12. The second-order valence-corrected chi connectivity index (χ2v) is 6.72. The lowest BCUT2D eigenvalue weighted by Crippen LogP contribution is -2.41. The van der Waals surface area contributed by atoms with Crippen molar-refractivity contribution >= 4 is 23.2 Å². The number of anilines is 1. The summed E-state index contributed by atoms with van der Waals surface area (Å²) in [6.45, 7) is 1.42. The minimum atomic E-state index is -0.658. The summed E-state index contributed by atoms with van der Waals surface area (Å²) in [6.07, 6.45) is 1.32. The van der Waals surface area contributed by atoms with Crippen LogP contribution in [0.2, 0.25) is 5.02 Å². The van der Waals surface area contributed by atoms with Gasteiger partial charge in [-0.15, -0.1) is 0 Å². The zero-order valence-electron chi connectivity index (χ0n) is 15.0. The van der Waals surface area contributed by atoms with Gasteiger partial charge in [-0.2, -0.15) is 0 Å². The summed E-state index contributed by atoms with van der Waals surface area (Å²) < 4.78 is 15.4. The molecule has 1 aromatic heterocycles. The number of carbonyl (C=O) groups is 1. The van der Waals surface area contributed by atoms with Crippen LogP contribution in [0.5, 0.6) is 0 Å². The highest BCUT2D eigenvalue weighted by Gasteiger charge is 2.12. The van der Waals surface area contributed by atoms with Crippen LogP contribution in [0.3, 0.4) is 0 Å². The Morgan fingerprint density at radius 1 is 1.14 bits per heavy atom. The zero-order chi connectivity index (χ0) is 20.3. The van der Waals surface area contributed by atoms with Crippen molar-refractivity contribution in [3.8, 4) is 0 Å². The van der Waals surface area contributed by atoms with Gasteiger partial charge in [0.25, 0.3) is 5.56 Å². The van der Waals surface area contributed by atoms with Crippen molar-refractivity contribution in [2.75, 3.05) is 5.32 Å². The van der Waals surface area contributed by atoms with Gasteiger partial charge in [0.2, 0.25) is 5.91 Å². The first-order chi connectivity index (χ1) is 13.3. The quantitative estimate of drug-likeness (QED) is 0.714. The maximum atomic E-state index is 13.3. The highest BCUT2D eigenvalue weighted by Crippen LogP contribution is 2.20. The Morgan fingerprint density at radius 3 is 2.68 bits per heavy atom. The van der Waals surface area contributed by atoms with Crippen molar-refractivity contribution in [2.24, 2.45) is 0 Å². The predicted molar refractivity (Wildman–Crippen MR) is 105 cm³/mol. The Bertz CT molecular complexity index is 1150. The van der Waals surface area contributed by atoms with Crippen molar-refractivity contribution in [2.45, 2.75) is 20.0 Å². The number of nitrogens with zero attached hydrogens (tertiary/aromatic N) is 2. The van der Waals surface area contributed by atoms with Gasteiger partial charge in [0.15, 0.2) is 0 Å². The Balaban J connectivity index is 1.83. The number of rotatable bonds is 5. The van der Waals surface area contributed by atoms with E-state index in [1.807, 2.05) is 0 Å². The molecule has 8 heteroatoms. The number of nitrogens with one attached hydrogen (secondary N) is 1. The number of hydrogen-bond donors (Lipinski definition) is 1. The van der Waals surface area contributed by atoms with Gasteiger partial charge >= 0.3 is 5.69 Å². The van der Waals surface area contributed by atoms with E-state index >= 15 is 0 Å². The molecule has 1 amide bonds. The van der Waals surface area contributed by atoms with Crippen molar-refractivity contribution in [3.63, 3.8) is 0 Å². The molecule has 0 aliphatic carbocycles. The molecular weight excluding hydrogens is 385 g/mol. The lowest BCUT2D eigenvalue weighted by molar-refractivity contribution is -0.116. The molecule has 0 bridgehead atoms. The Morgan fingerprint density at radius 2 is 1.93 bits per heavy atom. The molecule has 28 heavy (non-hydrogen) atoms. The van der Waals surface area contributed by atoms with Crippen LogP contribution in [0.25, 0.3) is 0 Å². The summed E-state index contributed by atoms with van der Waals surface area (Å²) in [7, 11) is 0. The summed E-state index contributed by atoms with van der Waals surface area (Å²) in [5.74, 6) is -0.955. The van der Waals surface area contributed by atoms with E-state index in [9.17, 15) is 18.8 Å². The Hall–Kier alpha value is -3.19. The monoisotopic (exact) mass is 401 g/mol. The fourth-order valence-electron chi connectivity index (χ4n) is 2.72. The van der Waals surface area contributed by atoms with E-state index in [1.165, 1.54) is 35.0 Å². The van der Waals surface area contributed by atoms with Gasteiger partial charge in [-0.05, 0) is 42.3 Å². The SMILES string of the molecule is Cc1ccc(Cl)cc1NC(=O)Cn1c(=O)ccn(Cc2cccc(F)c2)c1=O. The molecule has 3 aromatic rings.